The molecule has 0 aromatic carbocycles. The molecule has 1 unspecified atom stereocenters. The number of urea groups is 1. The third kappa shape index (κ3) is 3.36. The highest BCUT2D eigenvalue weighted by Gasteiger charge is 2.44. The van der Waals surface area contributed by atoms with Crippen LogP contribution in [0.4, 0.5) is 9.59 Å². The van der Waals surface area contributed by atoms with Crippen molar-refractivity contribution in [2.45, 2.75) is 31.9 Å². The molecule has 1 fully saturated rings. The van der Waals surface area contributed by atoms with Gasteiger partial charge in [-0.25, -0.2) is 9.59 Å². The van der Waals surface area contributed by atoms with E-state index >= 15 is 0 Å². The lowest BCUT2D eigenvalue weighted by molar-refractivity contribution is 0.0515. The minimum absolute atomic E-state index is 0.0799. The second-order valence-corrected chi connectivity index (χ2v) is 6.03. The van der Waals surface area contributed by atoms with Crippen molar-refractivity contribution >= 4 is 12.1 Å². The molecule has 1 aliphatic rings. The average molecular weight is 304 g/mol. The fourth-order valence-electron chi connectivity index (χ4n) is 2.14. The first-order chi connectivity index (χ1) is 10.2. The van der Waals surface area contributed by atoms with E-state index in [1.54, 1.807) is 45.2 Å². The summed E-state index contributed by atoms with van der Waals surface area (Å²) in [4.78, 5) is 27.8. The van der Waals surface area contributed by atoms with Crippen molar-refractivity contribution in [3.8, 4) is 0 Å². The van der Waals surface area contributed by atoms with E-state index in [1.807, 2.05) is 0 Å². The van der Waals surface area contributed by atoms with Crippen molar-refractivity contribution in [1.29, 1.82) is 0 Å². The summed E-state index contributed by atoms with van der Waals surface area (Å²) in [7, 11) is 0. The molecule has 3 N–H and O–H groups in total. The number of carbonyl (C=O) groups is 2. The molecular formula is C15H20N4O3. The molecule has 0 radical (unpaired) electrons. The van der Waals surface area contributed by atoms with E-state index in [4.69, 9.17) is 4.74 Å². The number of amides is 3. The molecule has 0 aliphatic carbocycles. The quantitative estimate of drug-likeness (QED) is 0.791. The van der Waals surface area contributed by atoms with Crippen molar-refractivity contribution in [2.24, 2.45) is 0 Å². The monoisotopic (exact) mass is 304 g/mol. The van der Waals surface area contributed by atoms with Gasteiger partial charge in [-0.1, -0.05) is 12.6 Å². The molecular weight excluding hydrogens is 284 g/mol. The minimum atomic E-state index is -1.00. The minimum Gasteiger partial charge on any atom is -0.444 e. The Labute approximate surface area is 129 Å². The van der Waals surface area contributed by atoms with Crippen LogP contribution in [-0.4, -0.2) is 29.3 Å². The Morgan fingerprint density at radius 1 is 1.45 bits per heavy atom. The molecule has 1 aliphatic heterocycles. The zero-order chi connectivity index (χ0) is 16.4. The Hall–Kier alpha value is -2.57. The van der Waals surface area contributed by atoms with Crippen molar-refractivity contribution < 1.29 is 14.3 Å². The molecule has 2 rings (SSSR count). The van der Waals surface area contributed by atoms with Crippen molar-refractivity contribution in [2.75, 3.05) is 6.54 Å². The summed E-state index contributed by atoms with van der Waals surface area (Å²) in [5.74, 6) is 0. The van der Waals surface area contributed by atoms with Gasteiger partial charge in [0.1, 0.15) is 11.1 Å². The summed E-state index contributed by atoms with van der Waals surface area (Å²) in [6, 6.07) is 4.94. The zero-order valence-corrected chi connectivity index (χ0v) is 12.9. The van der Waals surface area contributed by atoms with Crippen LogP contribution in [0.5, 0.6) is 0 Å². The van der Waals surface area contributed by atoms with Crippen LogP contribution in [-0.2, 0) is 10.3 Å². The van der Waals surface area contributed by atoms with Gasteiger partial charge in [0.05, 0.1) is 12.2 Å². The molecule has 1 atom stereocenters. The summed E-state index contributed by atoms with van der Waals surface area (Å²) in [5.41, 5.74) is -0.604. The van der Waals surface area contributed by atoms with Gasteiger partial charge in [0, 0.05) is 11.9 Å². The highest BCUT2D eigenvalue weighted by atomic mass is 16.6. The molecule has 2 heterocycles. The molecule has 3 amide bonds. The number of nitrogens with one attached hydrogen (secondary N) is 3. The molecule has 118 valence electrons. The van der Waals surface area contributed by atoms with Gasteiger partial charge in [-0.15, -0.1) is 0 Å². The lowest BCUT2D eigenvalue weighted by Gasteiger charge is -2.29. The highest BCUT2D eigenvalue weighted by Crippen LogP contribution is 2.28. The van der Waals surface area contributed by atoms with Gasteiger partial charge >= 0.3 is 12.1 Å². The smallest absolute Gasteiger partial charge is 0.407 e. The van der Waals surface area contributed by atoms with Gasteiger partial charge < -0.3 is 20.7 Å². The first-order valence-electron chi connectivity index (χ1n) is 6.90. The van der Waals surface area contributed by atoms with Crippen LogP contribution < -0.4 is 16.0 Å². The van der Waals surface area contributed by atoms with E-state index in [0.717, 1.165) is 0 Å². The molecule has 1 aromatic rings. The van der Waals surface area contributed by atoms with Gasteiger partial charge in [-0.3, -0.25) is 4.98 Å². The molecule has 1 saturated heterocycles. The van der Waals surface area contributed by atoms with E-state index in [2.05, 4.69) is 27.5 Å². The average Bonchev–Trinajstić information content (AvgIpc) is 2.71. The van der Waals surface area contributed by atoms with Gasteiger partial charge in [0.25, 0.3) is 0 Å². The van der Waals surface area contributed by atoms with Crippen LogP contribution in [0.2, 0.25) is 0 Å². The number of hydrogen-bond acceptors (Lipinski definition) is 4. The van der Waals surface area contributed by atoms with Crippen LogP contribution in [0.15, 0.2) is 36.7 Å². The number of nitrogens with zero attached hydrogens (tertiary/aromatic N) is 1. The summed E-state index contributed by atoms with van der Waals surface area (Å²) in [5, 5.41) is 8.03. The number of rotatable bonds is 3. The topological polar surface area (TPSA) is 92.4 Å². The van der Waals surface area contributed by atoms with Crippen LogP contribution in [0, 0.1) is 0 Å². The normalized spacial score (nSPS) is 21.0. The summed E-state index contributed by atoms with van der Waals surface area (Å²) in [6.07, 6.45) is 1.04. The Bertz CT molecular complexity index is 595. The number of aromatic nitrogens is 1. The molecule has 22 heavy (non-hydrogen) atoms. The van der Waals surface area contributed by atoms with Gasteiger partial charge in [-0.05, 0) is 32.9 Å². The third-order valence-electron chi connectivity index (χ3n) is 3.11. The summed E-state index contributed by atoms with van der Waals surface area (Å²) < 4.78 is 5.21. The predicted octanol–water partition coefficient (Wildman–Crippen LogP) is 1.63. The van der Waals surface area contributed by atoms with Crippen molar-refractivity contribution in [1.82, 2.24) is 20.9 Å². The van der Waals surface area contributed by atoms with E-state index in [0.29, 0.717) is 11.4 Å². The number of alkyl carbamates (subject to hydrolysis) is 1. The summed E-state index contributed by atoms with van der Waals surface area (Å²) >= 11 is 0. The van der Waals surface area contributed by atoms with Crippen LogP contribution in [0.25, 0.3) is 0 Å². The number of carbonyl (C=O) groups excluding carboxylic acids is 2. The first kappa shape index (κ1) is 15.8. The van der Waals surface area contributed by atoms with E-state index in [9.17, 15) is 9.59 Å². The fraction of sp³-hybridized carbons (Fsp3) is 0.400. The standard InChI is InChI=1S/C15H20N4O3/c1-10-15(19-12(20)18-10,11-7-5-6-8-16-11)9-17-13(21)22-14(2,3)4/h5-8H,1,9H2,2-4H3,(H,17,21)(H2,18,19,20). The Morgan fingerprint density at radius 3 is 2.68 bits per heavy atom. The maximum absolute atomic E-state index is 11.9. The number of hydrogen-bond donors (Lipinski definition) is 3. The van der Waals surface area contributed by atoms with Crippen LogP contribution in [0.1, 0.15) is 26.5 Å². The SMILES string of the molecule is C=C1NC(=O)NC1(CNC(=O)OC(C)(C)C)c1ccccn1. The highest BCUT2D eigenvalue weighted by molar-refractivity contribution is 5.82. The van der Waals surface area contributed by atoms with Gasteiger partial charge in [0.15, 0.2) is 0 Å². The Morgan fingerprint density at radius 2 is 2.18 bits per heavy atom. The molecule has 7 nitrogen and oxygen atoms in total. The van der Waals surface area contributed by atoms with Crippen molar-refractivity contribution in [3.63, 3.8) is 0 Å². The summed E-state index contributed by atoms with van der Waals surface area (Å²) in [6.45, 7) is 9.27. The predicted molar refractivity (Wildman–Crippen MR) is 81.0 cm³/mol. The Kier molecular flexibility index (Phi) is 4.07. The second-order valence-electron chi connectivity index (χ2n) is 6.03. The maximum atomic E-state index is 11.9. The number of pyridine rings is 1. The van der Waals surface area contributed by atoms with Gasteiger partial charge in [0.2, 0.25) is 0 Å². The molecule has 7 heteroatoms. The fourth-order valence-corrected chi connectivity index (χ4v) is 2.14. The maximum Gasteiger partial charge on any atom is 0.407 e. The molecule has 0 spiro atoms. The lowest BCUT2D eigenvalue weighted by atomic mass is 9.92. The van der Waals surface area contributed by atoms with Crippen LogP contribution >= 0.6 is 0 Å². The van der Waals surface area contributed by atoms with Gasteiger partial charge in [-0.2, -0.15) is 0 Å². The molecule has 1 aromatic heterocycles. The van der Waals surface area contributed by atoms with Crippen molar-refractivity contribution in [3.05, 3.63) is 42.4 Å². The molecule has 0 saturated carbocycles. The molecule has 0 bridgehead atoms. The van der Waals surface area contributed by atoms with E-state index in [-0.39, 0.29) is 12.6 Å². The first-order valence-corrected chi connectivity index (χ1v) is 6.90. The van der Waals surface area contributed by atoms with Crippen LogP contribution in [0.3, 0.4) is 0 Å². The second kappa shape index (κ2) is 5.67. The zero-order valence-electron chi connectivity index (χ0n) is 12.9. The number of ether oxygens (including phenoxy) is 1. The third-order valence-corrected chi connectivity index (χ3v) is 3.11. The van der Waals surface area contributed by atoms with E-state index in [1.165, 1.54) is 0 Å². The largest absolute Gasteiger partial charge is 0.444 e. The lowest BCUT2D eigenvalue weighted by Crippen LogP contribution is -2.50. The van der Waals surface area contributed by atoms with E-state index < -0.39 is 17.2 Å². The Balaban J connectivity index is 2.19.